The second-order valence-electron chi connectivity index (χ2n) is 30.5. The number of carbonyl (C=O) groups is 7. The highest BCUT2D eigenvalue weighted by Gasteiger charge is 2.53. The van der Waals surface area contributed by atoms with Crippen molar-refractivity contribution in [1.29, 1.82) is 0 Å². The van der Waals surface area contributed by atoms with E-state index in [1.54, 1.807) is 72.8 Å². The number of ether oxygens (including phenoxy) is 4. The molecule has 548 valence electrons. The van der Waals surface area contributed by atoms with Crippen molar-refractivity contribution < 1.29 is 52.5 Å². The largest absolute Gasteiger partial charge is 0.465 e. The number of methoxy groups -OCH3 is 1. The zero-order valence-electron chi connectivity index (χ0n) is 60.6. The van der Waals surface area contributed by atoms with E-state index in [2.05, 4.69) is 92.7 Å². The van der Waals surface area contributed by atoms with Crippen LogP contribution in [-0.4, -0.2) is 153 Å². The highest BCUT2D eigenvalue weighted by Crippen LogP contribution is 2.53. The lowest BCUT2D eigenvalue weighted by molar-refractivity contribution is 0.0183. The minimum atomic E-state index is -0.593. The average Bonchev–Trinajstić information content (AvgIpc) is 1.39. The molecule has 6 heterocycles. The van der Waals surface area contributed by atoms with Crippen LogP contribution in [0.25, 0.3) is 0 Å². The maximum absolute atomic E-state index is 13.6. The van der Waals surface area contributed by atoms with E-state index in [1.165, 1.54) is 12.7 Å². The minimum absolute atomic E-state index is 0.00375. The van der Waals surface area contributed by atoms with Crippen molar-refractivity contribution in [2.24, 2.45) is 5.73 Å². The molecule has 0 unspecified atom stereocenters. The lowest BCUT2D eigenvalue weighted by Crippen LogP contribution is -2.43. The molecule has 3 N–H and O–H groups in total. The molecule has 27 heteroatoms. The number of hydrogen-bond donors (Lipinski definition) is 2. The summed E-state index contributed by atoms with van der Waals surface area (Å²) in [6, 6.07) is 31.7. The van der Waals surface area contributed by atoms with Crippen molar-refractivity contribution in [1.82, 2.24) is 59.2 Å². The number of amides is 6. The number of nitrogens with one attached hydrogen (secondary N) is 1. The molecule has 3 aliphatic heterocycles. The fourth-order valence-corrected chi connectivity index (χ4v) is 14.3. The van der Waals surface area contributed by atoms with E-state index in [0.717, 1.165) is 92.9 Å². The van der Waals surface area contributed by atoms with Gasteiger partial charge in [0.05, 0.1) is 121 Å². The van der Waals surface area contributed by atoms with Gasteiger partial charge in [0, 0.05) is 52.7 Å². The quantitative estimate of drug-likeness (QED) is 0.0901. The van der Waals surface area contributed by atoms with E-state index in [-0.39, 0.29) is 53.1 Å². The van der Waals surface area contributed by atoms with Gasteiger partial charge in [-0.1, -0.05) is 96.3 Å². The lowest BCUT2D eigenvalue weighted by Gasteiger charge is -2.32. The van der Waals surface area contributed by atoms with Crippen LogP contribution >= 0.6 is 47.8 Å². The molecule has 0 bridgehead atoms. The fourth-order valence-electron chi connectivity index (χ4n) is 13.1. The van der Waals surface area contributed by atoms with Crippen molar-refractivity contribution in [3.63, 3.8) is 0 Å². The van der Waals surface area contributed by atoms with Crippen LogP contribution in [-0.2, 0) is 80.4 Å². The Bertz CT molecular complexity index is 4380. The molecule has 7 aromatic rings. The van der Waals surface area contributed by atoms with E-state index >= 15 is 0 Å². The fraction of sp³-hybridized carbons (Fsp3) is 0.474. The summed E-state index contributed by atoms with van der Waals surface area (Å²) in [5, 5.41) is 16.3. The third-order valence-electron chi connectivity index (χ3n) is 19.5. The third-order valence-corrected chi connectivity index (χ3v) is 20.9. The first-order chi connectivity index (χ1) is 48.5. The number of aromatic nitrogens is 6. The SMILES string of the molecule is CC(C)(C)OC(=O)N1CCn2ncc(C(=O)NC3(c4cccc(Br)c4)CC3)c2C1.CN(C(=O)c1cnn2c1CN(C(=O)OC(C)(C)C)CC2)C1(c2cccc(Br)c2)CC1.COC(=O)c1cccc(C2(N(C)C(=O)c3cnn4c3CN(C(=O)OC(C)(C)C)CC4)CC2)c1.NC1(c2cccc(Br)c2)CC1. The van der Waals surface area contributed by atoms with Gasteiger partial charge < -0.3 is 54.5 Å². The van der Waals surface area contributed by atoms with E-state index in [0.29, 0.717) is 80.3 Å². The summed E-state index contributed by atoms with van der Waals surface area (Å²) in [6.07, 6.45) is 11.2. The van der Waals surface area contributed by atoms with Gasteiger partial charge >= 0.3 is 24.2 Å². The zero-order valence-corrected chi connectivity index (χ0v) is 65.4. The summed E-state index contributed by atoms with van der Waals surface area (Å²) in [6.45, 7) is 20.5. The first-order valence-corrected chi connectivity index (χ1v) is 37.1. The number of hydrogen-bond acceptors (Lipinski definition) is 15. The number of esters is 1. The normalized spacial score (nSPS) is 17.4. The number of rotatable bonds is 11. The molecule has 0 spiro atoms. The highest BCUT2D eigenvalue weighted by atomic mass is 79.9. The number of fused-ring (bicyclic) bond motifs is 3. The summed E-state index contributed by atoms with van der Waals surface area (Å²) in [5.74, 6) is -0.799. The molecule has 7 aliphatic rings. The second-order valence-corrected chi connectivity index (χ2v) is 33.2. The van der Waals surface area contributed by atoms with E-state index in [4.69, 9.17) is 24.7 Å². The van der Waals surface area contributed by atoms with Crippen LogP contribution in [0.3, 0.4) is 0 Å². The summed E-state index contributed by atoms with van der Waals surface area (Å²) in [7, 11) is 4.98. The Kier molecular flexibility index (Phi) is 21.8. The van der Waals surface area contributed by atoms with Crippen LogP contribution in [0.4, 0.5) is 14.4 Å². The van der Waals surface area contributed by atoms with E-state index in [1.807, 2.05) is 134 Å². The molecule has 103 heavy (non-hydrogen) atoms. The van der Waals surface area contributed by atoms with Crippen molar-refractivity contribution in [2.75, 3.05) is 40.8 Å². The first kappa shape index (κ1) is 75.7. The molecule has 0 radical (unpaired) electrons. The number of benzene rings is 4. The van der Waals surface area contributed by atoms with Crippen LogP contribution in [0.5, 0.6) is 0 Å². The average molecular weight is 1600 g/mol. The first-order valence-electron chi connectivity index (χ1n) is 34.8. The molecule has 4 saturated carbocycles. The topological polar surface area (TPSA) is 264 Å². The molecule has 4 aliphatic carbocycles. The molecule has 6 amide bonds. The summed E-state index contributed by atoms with van der Waals surface area (Å²) < 4.78 is 29.8. The molecule has 4 fully saturated rings. The van der Waals surface area contributed by atoms with Gasteiger partial charge in [-0.05, 0) is 184 Å². The molecule has 24 nitrogen and oxygen atoms in total. The van der Waals surface area contributed by atoms with Gasteiger partial charge in [0.15, 0.2) is 0 Å². The number of carbonyl (C=O) groups excluding carboxylic acids is 7. The monoisotopic (exact) mass is 1600 g/mol. The van der Waals surface area contributed by atoms with Gasteiger partial charge in [-0.25, -0.2) is 19.2 Å². The Morgan fingerprint density at radius 1 is 0.466 bits per heavy atom. The van der Waals surface area contributed by atoms with Crippen LogP contribution < -0.4 is 11.1 Å². The van der Waals surface area contributed by atoms with Crippen LogP contribution in [0, 0.1) is 0 Å². The maximum Gasteiger partial charge on any atom is 0.410 e. The van der Waals surface area contributed by atoms with Crippen LogP contribution in [0.1, 0.15) is 194 Å². The highest BCUT2D eigenvalue weighted by molar-refractivity contribution is 9.11. The van der Waals surface area contributed by atoms with Gasteiger partial charge in [-0.2, -0.15) is 15.3 Å². The lowest BCUT2D eigenvalue weighted by atomic mass is 9.99. The Morgan fingerprint density at radius 2 is 0.816 bits per heavy atom. The molecular weight excluding hydrogens is 1510 g/mol. The van der Waals surface area contributed by atoms with Gasteiger partial charge in [0.25, 0.3) is 17.7 Å². The zero-order chi connectivity index (χ0) is 74.4. The molecule has 0 atom stereocenters. The third kappa shape index (κ3) is 17.5. The van der Waals surface area contributed by atoms with Crippen molar-refractivity contribution in [3.8, 4) is 0 Å². The standard InChI is InChI=1S/C24H30N4O5.C22H27BrN4O3.C21H25BrN4O3.C9H10BrN/c1-23(2,3)33-22(31)27-11-12-28-19(15-27)18(14-25-28)20(29)26(4)24(9-10-24)17-8-6-7-16(13-17)21(30)32-5;1-21(2,3)30-20(29)26-10-11-27-18(14-26)17(13-24-27)19(28)25(4)22(8-9-22)15-6-5-7-16(23)12-15;1-20(2,3)29-19(28)25-9-10-26-17(13-25)16(12-23-26)18(27)24-21(7-8-21)14-5-4-6-15(22)11-14;10-8-3-1-2-7(6-8)9(11)4-5-9/h6-8,13-14H,9-12,15H2,1-5H3;5-7,12-13H,8-11,14H2,1-4H3;4-6,11-12H,7-10,13H2,1-3H3,(H,24,27);1-3,6H,4-5,11H2. The van der Waals surface area contributed by atoms with Gasteiger partial charge in [0.1, 0.15) is 16.8 Å². The second kappa shape index (κ2) is 29.6. The predicted octanol–water partition coefficient (Wildman–Crippen LogP) is 13.6. The van der Waals surface area contributed by atoms with Crippen molar-refractivity contribution in [3.05, 3.63) is 191 Å². The van der Waals surface area contributed by atoms with Gasteiger partial charge in [-0.15, -0.1) is 0 Å². The summed E-state index contributed by atoms with van der Waals surface area (Å²) in [4.78, 5) is 98.1. The molecule has 14 rings (SSSR count). The number of halogens is 3. The smallest absolute Gasteiger partial charge is 0.410 e. The Labute approximate surface area is 626 Å². The summed E-state index contributed by atoms with van der Waals surface area (Å²) >= 11 is 10.5. The predicted molar refractivity (Wildman–Crippen MR) is 396 cm³/mol. The molecule has 4 aromatic carbocycles. The van der Waals surface area contributed by atoms with Crippen LogP contribution in [0.15, 0.2) is 129 Å². The Morgan fingerprint density at radius 3 is 1.18 bits per heavy atom. The Balaban J connectivity index is 0.000000144. The van der Waals surface area contributed by atoms with Crippen molar-refractivity contribution >= 4 is 89.8 Å². The van der Waals surface area contributed by atoms with Crippen molar-refractivity contribution in [2.45, 2.75) is 192 Å². The minimum Gasteiger partial charge on any atom is -0.465 e. The number of nitrogens with two attached hydrogens (primary N) is 1. The van der Waals surface area contributed by atoms with Gasteiger partial charge in [-0.3, -0.25) is 28.4 Å². The van der Waals surface area contributed by atoms with E-state index in [9.17, 15) is 33.6 Å². The van der Waals surface area contributed by atoms with E-state index < -0.39 is 34.4 Å². The summed E-state index contributed by atoms with van der Waals surface area (Å²) in [5.41, 5.74) is 11.8. The van der Waals surface area contributed by atoms with Crippen LogP contribution in [0.2, 0.25) is 0 Å². The number of nitrogens with zero attached hydrogens (tertiary/aromatic N) is 11. The van der Waals surface area contributed by atoms with Gasteiger partial charge in [0.2, 0.25) is 0 Å². The molecular formula is C76H92Br3N13O11. The molecule has 0 saturated heterocycles. The maximum atomic E-state index is 13.6. The molecule has 3 aromatic heterocycles. The Hall–Kier alpha value is -8.40.